The molecule has 104 valence electrons. The molecule has 0 aliphatic carbocycles. The molecule has 0 aromatic heterocycles. The van der Waals surface area contributed by atoms with Crippen LogP contribution in [-0.2, 0) is 9.53 Å². The van der Waals surface area contributed by atoms with E-state index in [-0.39, 0.29) is 11.9 Å². The summed E-state index contributed by atoms with van der Waals surface area (Å²) in [6.07, 6.45) is 1.28. The van der Waals surface area contributed by atoms with E-state index < -0.39 is 6.04 Å². The number of hydrogen-bond acceptors (Lipinski definition) is 4. The lowest BCUT2D eigenvalue weighted by Crippen LogP contribution is -2.43. The Balaban J connectivity index is 1.98. The summed E-state index contributed by atoms with van der Waals surface area (Å²) in [6.45, 7) is 1.09. The summed E-state index contributed by atoms with van der Waals surface area (Å²) in [5, 5.41) is 2.98. The molecule has 0 saturated carbocycles. The summed E-state index contributed by atoms with van der Waals surface area (Å²) in [7, 11) is 1.60. The minimum Gasteiger partial charge on any atom is -0.493 e. The van der Waals surface area contributed by atoms with Crippen molar-refractivity contribution in [3.8, 4) is 5.75 Å². The molecule has 5 nitrogen and oxygen atoms in total. The van der Waals surface area contributed by atoms with Gasteiger partial charge in [0.1, 0.15) is 5.75 Å². The van der Waals surface area contributed by atoms with Crippen LogP contribution in [-0.4, -0.2) is 32.3 Å². The Kier molecular flexibility index (Phi) is 4.76. The maximum absolute atomic E-state index is 12.0. The topological polar surface area (TPSA) is 73.6 Å². The fraction of sp³-hybridized carbons (Fsp3) is 0.500. The number of para-hydroxylation sites is 1. The van der Waals surface area contributed by atoms with Gasteiger partial charge in [-0.1, -0.05) is 18.2 Å². The van der Waals surface area contributed by atoms with Crippen LogP contribution in [0.5, 0.6) is 5.75 Å². The molecule has 0 bridgehead atoms. The van der Waals surface area contributed by atoms with Gasteiger partial charge in [0.25, 0.3) is 0 Å². The molecule has 3 N–H and O–H groups in total. The van der Waals surface area contributed by atoms with Crippen molar-refractivity contribution in [1.82, 2.24) is 5.32 Å². The molecule has 1 aliphatic rings. The Morgan fingerprint density at radius 1 is 1.58 bits per heavy atom. The maximum atomic E-state index is 12.0. The van der Waals surface area contributed by atoms with Crippen LogP contribution >= 0.6 is 0 Å². The fourth-order valence-electron chi connectivity index (χ4n) is 2.15. The lowest BCUT2D eigenvalue weighted by atomic mass is 10.00. The van der Waals surface area contributed by atoms with Crippen molar-refractivity contribution in [2.75, 3.05) is 20.3 Å². The molecule has 1 aromatic rings. The molecular weight excluding hydrogens is 244 g/mol. The Morgan fingerprint density at radius 2 is 2.37 bits per heavy atom. The van der Waals surface area contributed by atoms with Crippen LogP contribution in [0.2, 0.25) is 0 Å². The number of hydrogen-bond donors (Lipinski definition) is 2. The Labute approximate surface area is 113 Å². The number of ether oxygens (including phenoxy) is 2. The number of nitrogens with two attached hydrogens (primary N) is 1. The monoisotopic (exact) mass is 264 g/mol. The molecule has 2 unspecified atom stereocenters. The van der Waals surface area contributed by atoms with Gasteiger partial charge in [-0.3, -0.25) is 4.79 Å². The molecule has 5 heteroatoms. The van der Waals surface area contributed by atoms with E-state index in [1.807, 2.05) is 24.3 Å². The molecule has 0 radical (unpaired) electrons. The van der Waals surface area contributed by atoms with E-state index >= 15 is 0 Å². The zero-order chi connectivity index (χ0) is 13.7. The van der Waals surface area contributed by atoms with Gasteiger partial charge in [0.15, 0.2) is 0 Å². The van der Waals surface area contributed by atoms with Crippen molar-refractivity contribution < 1.29 is 14.3 Å². The van der Waals surface area contributed by atoms with E-state index in [1.54, 1.807) is 7.11 Å². The smallest absolute Gasteiger partial charge is 0.237 e. The number of carbonyl (C=O) groups is 1. The van der Waals surface area contributed by atoms with Crippen molar-refractivity contribution in [3.05, 3.63) is 29.8 Å². The molecular formula is C14H20N2O3. The third-order valence-corrected chi connectivity index (χ3v) is 3.24. The van der Waals surface area contributed by atoms with Crippen molar-refractivity contribution in [1.29, 1.82) is 0 Å². The Bertz CT molecular complexity index is 436. The molecule has 1 aliphatic heterocycles. The number of methoxy groups -OCH3 is 1. The second kappa shape index (κ2) is 6.54. The van der Waals surface area contributed by atoms with Crippen LogP contribution in [0, 0.1) is 0 Å². The average Bonchev–Trinajstić information content (AvgIpc) is 2.45. The van der Waals surface area contributed by atoms with Gasteiger partial charge in [0, 0.05) is 25.7 Å². The van der Waals surface area contributed by atoms with Gasteiger partial charge in [0.2, 0.25) is 5.91 Å². The normalized spacial score (nSPS) is 19.2. The molecule has 0 spiro atoms. The standard InChI is InChI=1S/C14H20N2O3/c1-18-8-6-11(15)14(17)16-12-7-9-19-13-5-3-2-4-10(12)13/h2-5,11-12H,6-9,15H2,1H3,(H,16,17). The van der Waals surface area contributed by atoms with E-state index in [2.05, 4.69) is 5.32 Å². The maximum Gasteiger partial charge on any atom is 0.237 e. The van der Waals surface area contributed by atoms with E-state index in [0.717, 1.165) is 17.7 Å². The first-order valence-corrected chi connectivity index (χ1v) is 6.49. The quantitative estimate of drug-likeness (QED) is 0.831. The van der Waals surface area contributed by atoms with E-state index in [9.17, 15) is 4.79 Å². The summed E-state index contributed by atoms with van der Waals surface area (Å²) >= 11 is 0. The van der Waals surface area contributed by atoms with Gasteiger partial charge in [-0.15, -0.1) is 0 Å². The van der Waals surface area contributed by atoms with Gasteiger partial charge in [-0.05, 0) is 12.5 Å². The van der Waals surface area contributed by atoms with Crippen LogP contribution in [0.1, 0.15) is 24.4 Å². The fourth-order valence-corrected chi connectivity index (χ4v) is 2.15. The van der Waals surface area contributed by atoms with Gasteiger partial charge in [-0.2, -0.15) is 0 Å². The number of fused-ring (bicyclic) bond motifs is 1. The van der Waals surface area contributed by atoms with E-state index in [0.29, 0.717) is 19.6 Å². The summed E-state index contributed by atoms with van der Waals surface area (Å²) < 4.78 is 10.5. The number of benzene rings is 1. The van der Waals surface area contributed by atoms with Crippen molar-refractivity contribution in [3.63, 3.8) is 0 Å². The number of carbonyl (C=O) groups excluding carboxylic acids is 1. The highest BCUT2D eigenvalue weighted by Gasteiger charge is 2.24. The van der Waals surface area contributed by atoms with Crippen LogP contribution in [0.15, 0.2) is 24.3 Å². The summed E-state index contributed by atoms with van der Waals surface area (Å²) in [5.41, 5.74) is 6.83. The highest BCUT2D eigenvalue weighted by atomic mass is 16.5. The minimum atomic E-state index is -0.532. The van der Waals surface area contributed by atoms with Crippen LogP contribution in [0.25, 0.3) is 0 Å². The van der Waals surface area contributed by atoms with Gasteiger partial charge >= 0.3 is 0 Å². The molecule has 1 aromatic carbocycles. The summed E-state index contributed by atoms with van der Waals surface area (Å²) in [4.78, 5) is 12.0. The minimum absolute atomic E-state index is 0.0222. The summed E-state index contributed by atoms with van der Waals surface area (Å²) in [6, 6.07) is 7.20. The number of nitrogens with one attached hydrogen (secondary N) is 1. The van der Waals surface area contributed by atoms with Gasteiger partial charge < -0.3 is 20.5 Å². The number of rotatable bonds is 5. The molecule has 1 amide bonds. The van der Waals surface area contributed by atoms with Gasteiger partial charge in [0.05, 0.1) is 18.7 Å². The van der Waals surface area contributed by atoms with Gasteiger partial charge in [-0.25, -0.2) is 0 Å². The molecule has 1 heterocycles. The van der Waals surface area contributed by atoms with E-state index in [4.69, 9.17) is 15.2 Å². The lowest BCUT2D eigenvalue weighted by molar-refractivity contribution is -0.123. The Morgan fingerprint density at radius 3 is 3.16 bits per heavy atom. The second-order valence-corrected chi connectivity index (χ2v) is 4.62. The first-order chi connectivity index (χ1) is 9.22. The molecule has 0 fully saturated rings. The molecule has 2 rings (SSSR count). The second-order valence-electron chi connectivity index (χ2n) is 4.62. The van der Waals surface area contributed by atoms with Crippen molar-refractivity contribution in [2.45, 2.75) is 24.9 Å². The highest BCUT2D eigenvalue weighted by molar-refractivity contribution is 5.82. The first kappa shape index (κ1) is 13.8. The Hall–Kier alpha value is -1.59. The predicted molar refractivity (Wildman–Crippen MR) is 71.9 cm³/mol. The van der Waals surface area contributed by atoms with E-state index in [1.165, 1.54) is 0 Å². The van der Waals surface area contributed by atoms with Crippen molar-refractivity contribution >= 4 is 5.91 Å². The molecule has 2 atom stereocenters. The zero-order valence-electron chi connectivity index (χ0n) is 11.1. The predicted octanol–water partition coefficient (Wildman–Crippen LogP) is 0.990. The SMILES string of the molecule is COCCC(N)C(=O)NC1CCOc2ccccc21. The number of amides is 1. The van der Waals surface area contributed by atoms with Crippen molar-refractivity contribution in [2.24, 2.45) is 5.73 Å². The lowest BCUT2D eigenvalue weighted by Gasteiger charge is -2.27. The third-order valence-electron chi connectivity index (χ3n) is 3.24. The molecule has 0 saturated heterocycles. The third kappa shape index (κ3) is 3.45. The summed E-state index contributed by atoms with van der Waals surface area (Å²) in [5.74, 6) is 0.697. The average molecular weight is 264 g/mol. The van der Waals surface area contributed by atoms with Crippen LogP contribution < -0.4 is 15.8 Å². The highest BCUT2D eigenvalue weighted by Crippen LogP contribution is 2.31. The van der Waals surface area contributed by atoms with Crippen LogP contribution in [0.4, 0.5) is 0 Å². The molecule has 19 heavy (non-hydrogen) atoms. The zero-order valence-corrected chi connectivity index (χ0v) is 11.1. The first-order valence-electron chi connectivity index (χ1n) is 6.49. The van der Waals surface area contributed by atoms with Crippen LogP contribution in [0.3, 0.4) is 0 Å². The largest absolute Gasteiger partial charge is 0.493 e.